The summed E-state index contributed by atoms with van der Waals surface area (Å²) in [4.78, 5) is 19.5. The van der Waals surface area contributed by atoms with Crippen LogP contribution < -0.4 is 0 Å². The third-order valence-corrected chi connectivity index (χ3v) is 3.86. The molecule has 0 N–H and O–H groups in total. The van der Waals surface area contributed by atoms with E-state index < -0.39 is 6.10 Å². The molecule has 1 aliphatic rings. The molecule has 0 bridgehead atoms. The predicted molar refractivity (Wildman–Crippen MR) is 80.0 cm³/mol. The molecular formula is C15H19ClN2O2. The third kappa shape index (κ3) is 2.80. The van der Waals surface area contributed by atoms with Gasteiger partial charge in [-0.05, 0) is 31.5 Å². The van der Waals surface area contributed by atoms with Crippen LogP contribution in [0.1, 0.15) is 26.3 Å². The number of hydrogen-bond acceptors (Lipinski definition) is 3. The van der Waals surface area contributed by atoms with E-state index in [2.05, 4.69) is 5.16 Å². The van der Waals surface area contributed by atoms with Crippen LogP contribution in [0.2, 0.25) is 5.02 Å². The Morgan fingerprint density at radius 3 is 2.45 bits per heavy atom. The van der Waals surface area contributed by atoms with Gasteiger partial charge in [0, 0.05) is 18.1 Å². The molecule has 20 heavy (non-hydrogen) atoms. The minimum atomic E-state index is -0.527. The number of oxime groups is 1. The lowest BCUT2D eigenvalue weighted by atomic mass is 9.93. The van der Waals surface area contributed by atoms with Gasteiger partial charge in [0.2, 0.25) is 6.10 Å². The summed E-state index contributed by atoms with van der Waals surface area (Å²) >= 11 is 5.88. The Morgan fingerprint density at radius 2 is 1.90 bits per heavy atom. The summed E-state index contributed by atoms with van der Waals surface area (Å²) in [6.45, 7) is 7.24. The number of hydrogen-bond donors (Lipinski definition) is 0. The minimum absolute atomic E-state index is 0.00443. The highest BCUT2D eigenvalue weighted by Crippen LogP contribution is 2.25. The standard InChI is InChI=1S/C15H19ClN2O2/c1-4-18(5-2)15(19)14-10(3)13(17-20-14)11-6-8-12(16)9-7-11/h6-10,14H,4-5H2,1-3H3/t10-,14-/m0/s1. The molecule has 2 atom stereocenters. The maximum absolute atomic E-state index is 12.4. The maximum Gasteiger partial charge on any atom is 0.267 e. The van der Waals surface area contributed by atoms with Crippen molar-refractivity contribution in [2.75, 3.05) is 13.1 Å². The van der Waals surface area contributed by atoms with Crippen molar-refractivity contribution in [2.24, 2.45) is 11.1 Å². The molecule has 1 aliphatic heterocycles. The van der Waals surface area contributed by atoms with Gasteiger partial charge in [-0.2, -0.15) is 0 Å². The summed E-state index contributed by atoms with van der Waals surface area (Å²) in [5.41, 5.74) is 1.74. The normalized spacial score (nSPS) is 21.3. The van der Waals surface area contributed by atoms with Crippen molar-refractivity contribution in [1.82, 2.24) is 4.90 Å². The monoisotopic (exact) mass is 294 g/mol. The van der Waals surface area contributed by atoms with Crippen LogP contribution in [0, 0.1) is 5.92 Å². The van der Waals surface area contributed by atoms with Crippen LogP contribution >= 0.6 is 11.6 Å². The molecule has 2 rings (SSSR count). The van der Waals surface area contributed by atoms with Crippen LogP contribution in [0.4, 0.5) is 0 Å². The second kappa shape index (κ2) is 6.27. The van der Waals surface area contributed by atoms with E-state index in [1.54, 1.807) is 4.90 Å². The summed E-state index contributed by atoms with van der Waals surface area (Å²) in [6, 6.07) is 7.41. The first-order valence-corrected chi connectivity index (χ1v) is 7.24. The molecule has 0 saturated heterocycles. The molecule has 4 nitrogen and oxygen atoms in total. The highest BCUT2D eigenvalue weighted by Gasteiger charge is 2.38. The molecule has 1 aromatic rings. The lowest BCUT2D eigenvalue weighted by molar-refractivity contribution is -0.143. The number of nitrogens with zero attached hydrogens (tertiary/aromatic N) is 2. The Hall–Kier alpha value is -1.55. The molecule has 1 aromatic carbocycles. The van der Waals surface area contributed by atoms with Crippen LogP contribution in [0.25, 0.3) is 0 Å². The zero-order valence-corrected chi connectivity index (χ0v) is 12.7. The first-order chi connectivity index (χ1) is 9.58. The Kier molecular flexibility index (Phi) is 4.65. The highest BCUT2D eigenvalue weighted by atomic mass is 35.5. The van der Waals surface area contributed by atoms with Crippen LogP contribution in [0.5, 0.6) is 0 Å². The first kappa shape index (κ1) is 14.9. The smallest absolute Gasteiger partial charge is 0.267 e. The fraction of sp³-hybridized carbons (Fsp3) is 0.467. The molecule has 1 heterocycles. The molecule has 0 spiro atoms. The molecular weight excluding hydrogens is 276 g/mol. The van der Waals surface area contributed by atoms with Crippen LogP contribution in [-0.2, 0) is 9.63 Å². The minimum Gasteiger partial charge on any atom is -0.381 e. The van der Waals surface area contributed by atoms with Gasteiger partial charge in [0.25, 0.3) is 5.91 Å². The van der Waals surface area contributed by atoms with E-state index in [-0.39, 0.29) is 11.8 Å². The van der Waals surface area contributed by atoms with Crippen molar-refractivity contribution in [3.63, 3.8) is 0 Å². The van der Waals surface area contributed by atoms with Crippen LogP contribution in [-0.4, -0.2) is 35.7 Å². The molecule has 0 aliphatic carbocycles. The lowest BCUT2D eigenvalue weighted by Crippen LogP contribution is -2.42. The summed E-state index contributed by atoms with van der Waals surface area (Å²) in [5.74, 6) is -0.0699. The second-order valence-corrected chi connectivity index (χ2v) is 5.25. The van der Waals surface area contributed by atoms with Crippen molar-refractivity contribution in [3.8, 4) is 0 Å². The van der Waals surface area contributed by atoms with Gasteiger partial charge in [-0.15, -0.1) is 0 Å². The van der Waals surface area contributed by atoms with Gasteiger partial charge in [0.15, 0.2) is 0 Å². The Balaban J connectivity index is 2.14. The largest absolute Gasteiger partial charge is 0.381 e. The van der Waals surface area contributed by atoms with E-state index in [0.717, 1.165) is 11.3 Å². The van der Waals surface area contributed by atoms with E-state index in [0.29, 0.717) is 18.1 Å². The Labute approximate surface area is 124 Å². The van der Waals surface area contributed by atoms with Crippen molar-refractivity contribution in [3.05, 3.63) is 34.9 Å². The number of carbonyl (C=O) groups is 1. The second-order valence-electron chi connectivity index (χ2n) is 4.81. The number of halogens is 1. The number of rotatable bonds is 4. The Morgan fingerprint density at radius 1 is 1.30 bits per heavy atom. The molecule has 0 saturated carbocycles. The van der Waals surface area contributed by atoms with E-state index in [1.165, 1.54) is 0 Å². The van der Waals surface area contributed by atoms with Gasteiger partial charge in [-0.25, -0.2) is 0 Å². The van der Waals surface area contributed by atoms with E-state index in [4.69, 9.17) is 16.4 Å². The molecule has 0 aromatic heterocycles. The first-order valence-electron chi connectivity index (χ1n) is 6.86. The number of carbonyl (C=O) groups excluding carboxylic acids is 1. The number of amides is 1. The lowest BCUT2D eigenvalue weighted by Gasteiger charge is -2.23. The van der Waals surface area contributed by atoms with Crippen molar-refractivity contribution < 1.29 is 9.63 Å². The number of benzene rings is 1. The highest BCUT2D eigenvalue weighted by molar-refractivity contribution is 6.30. The zero-order valence-electron chi connectivity index (χ0n) is 12.0. The zero-order chi connectivity index (χ0) is 14.7. The van der Waals surface area contributed by atoms with Gasteiger partial charge in [-0.1, -0.05) is 35.8 Å². The van der Waals surface area contributed by atoms with Gasteiger partial charge in [0.05, 0.1) is 11.6 Å². The fourth-order valence-corrected chi connectivity index (χ4v) is 2.47. The van der Waals surface area contributed by atoms with Crippen molar-refractivity contribution >= 4 is 23.2 Å². The fourth-order valence-electron chi connectivity index (χ4n) is 2.34. The SMILES string of the molecule is CCN(CC)C(=O)[C@H]1ON=C(c2ccc(Cl)cc2)[C@@H]1C. The topological polar surface area (TPSA) is 41.9 Å². The summed E-state index contributed by atoms with van der Waals surface area (Å²) in [6.07, 6.45) is -0.527. The summed E-state index contributed by atoms with van der Waals surface area (Å²) in [7, 11) is 0. The average Bonchev–Trinajstić information content (AvgIpc) is 2.83. The molecule has 0 fully saturated rings. The number of likely N-dealkylation sites (N-methyl/N-ethyl adjacent to an activating group) is 1. The van der Waals surface area contributed by atoms with Crippen LogP contribution in [0.15, 0.2) is 29.4 Å². The van der Waals surface area contributed by atoms with Crippen molar-refractivity contribution in [1.29, 1.82) is 0 Å². The predicted octanol–water partition coefficient (Wildman–Crippen LogP) is 2.95. The molecule has 108 valence electrons. The molecule has 5 heteroatoms. The van der Waals surface area contributed by atoms with Gasteiger partial charge in [-0.3, -0.25) is 4.79 Å². The van der Waals surface area contributed by atoms with E-state index in [1.807, 2.05) is 45.0 Å². The summed E-state index contributed by atoms with van der Waals surface area (Å²) in [5, 5.41) is 4.77. The van der Waals surface area contributed by atoms with E-state index in [9.17, 15) is 4.79 Å². The van der Waals surface area contributed by atoms with Gasteiger partial charge in [0.1, 0.15) is 0 Å². The van der Waals surface area contributed by atoms with Crippen molar-refractivity contribution in [2.45, 2.75) is 26.9 Å². The Bertz CT molecular complexity index is 509. The third-order valence-electron chi connectivity index (χ3n) is 3.61. The van der Waals surface area contributed by atoms with E-state index >= 15 is 0 Å². The molecule has 0 radical (unpaired) electrons. The van der Waals surface area contributed by atoms with Gasteiger partial charge < -0.3 is 9.74 Å². The summed E-state index contributed by atoms with van der Waals surface area (Å²) < 4.78 is 0. The maximum atomic E-state index is 12.4. The van der Waals surface area contributed by atoms with Crippen LogP contribution in [0.3, 0.4) is 0 Å². The molecule has 1 amide bonds. The average molecular weight is 295 g/mol. The van der Waals surface area contributed by atoms with Gasteiger partial charge >= 0.3 is 0 Å². The molecule has 0 unspecified atom stereocenters. The quantitative estimate of drug-likeness (QED) is 0.857.